The Bertz CT molecular complexity index is 624. The van der Waals surface area contributed by atoms with Gasteiger partial charge >= 0.3 is 0 Å². The van der Waals surface area contributed by atoms with Gasteiger partial charge in [0.1, 0.15) is 5.75 Å². The standard InChI is InChI=1S/C13H14N4OS2/c1-9-15-11(8-20-9)7-14-17-13(19)16-10-4-3-5-12(6-10)18-2/h3-8H,1-2H3,(H2,16,17,19)/b14-7-. The normalized spacial score (nSPS) is 10.5. The van der Waals surface area contributed by atoms with Crippen molar-refractivity contribution in [2.24, 2.45) is 5.10 Å². The van der Waals surface area contributed by atoms with E-state index in [9.17, 15) is 0 Å². The number of thiazole rings is 1. The second kappa shape index (κ2) is 6.97. The van der Waals surface area contributed by atoms with Gasteiger partial charge in [-0.3, -0.25) is 5.43 Å². The lowest BCUT2D eigenvalue weighted by Gasteiger charge is -2.08. The van der Waals surface area contributed by atoms with Gasteiger partial charge in [0.25, 0.3) is 0 Å². The van der Waals surface area contributed by atoms with Crippen LogP contribution in [-0.2, 0) is 0 Å². The fourth-order valence-electron chi connectivity index (χ4n) is 1.46. The molecule has 1 aromatic heterocycles. The van der Waals surface area contributed by atoms with Crippen LogP contribution in [0.2, 0.25) is 0 Å². The predicted octanol–water partition coefficient (Wildman–Crippen LogP) is 2.78. The smallest absolute Gasteiger partial charge is 0.191 e. The first kappa shape index (κ1) is 14.4. The number of thiocarbonyl (C=S) groups is 1. The minimum atomic E-state index is 0.404. The maximum Gasteiger partial charge on any atom is 0.191 e. The number of aryl methyl sites for hydroxylation is 1. The molecule has 0 fully saturated rings. The quantitative estimate of drug-likeness (QED) is 0.517. The number of rotatable bonds is 4. The number of hydrogen-bond acceptors (Lipinski definition) is 5. The van der Waals surface area contributed by atoms with Crippen molar-refractivity contribution in [1.29, 1.82) is 0 Å². The van der Waals surface area contributed by atoms with E-state index in [-0.39, 0.29) is 0 Å². The van der Waals surface area contributed by atoms with Crippen molar-refractivity contribution in [3.05, 3.63) is 40.3 Å². The average Bonchev–Trinajstić information content (AvgIpc) is 2.84. The summed E-state index contributed by atoms with van der Waals surface area (Å²) >= 11 is 6.72. The molecule has 2 N–H and O–H groups in total. The van der Waals surface area contributed by atoms with Crippen LogP contribution in [0.15, 0.2) is 34.7 Å². The summed E-state index contributed by atoms with van der Waals surface area (Å²) in [5, 5.41) is 10.4. The molecule has 0 saturated heterocycles. The summed E-state index contributed by atoms with van der Waals surface area (Å²) in [5.41, 5.74) is 4.38. The van der Waals surface area contributed by atoms with Gasteiger partial charge in [-0.05, 0) is 31.3 Å². The Kier molecular flexibility index (Phi) is 5.03. The van der Waals surface area contributed by atoms with Gasteiger partial charge in [-0.1, -0.05) is 6.07 Å². The highest BCUT2D eigenvalue weighted by Crippen LogP contribution is 2.16. The van der Waals surface area contributed by atoms with Crippen molar-refractivity contribution in [2.45, 2.75) is 6.92 Å². The molecule has 1 aromatic carbocycles. The monoisotopic (exact) mass is 306 g/mol. The summed E-state index contributed by atoms with van der Waals surface area (Å²) in [7, 11) is 1.62. The second-order valence-corrected chi connectivity index (χ2v) is 5.32. The number of ether oxygens (including phenoxy) is 1. The SMILES string of the molecule is COc1cccc(NC(=S)N/N=C\c2csc(C)n2)c1. The molecule has 0 aliphatic carbocycles. The Morgan fingerprint density at radius 1 is 1.50 bits per heavy atom. The van der Waals surface area contributed by atoms with Crippen LogP contribution in [0.5, 0.6) is 5.75 Å². The molecule has 20 heavy (non-hydrogen) atoms. The van der Waals surface area contributed by atoms with Crippen molar-refractivity contribution in [3.63, 3.8) is 0 Å². The fourth-order valence-corrected chi connectivity index (χ4v) is 2.19. The van der Waals surface area contributed by atoms with Crippen LogP contribution in [0.4, 0.5) is 5.69 Å². The molecule has 0 aliphatic heterocycles. The Morgan fingerprint density at radius 2 is 2.35 bits per heavy atom. The van der Waals surface area contributed by atoms with Gasteiger partial charge in [-0.2, -0.15) is 5.10 Å². The summed E-state index contributed by atoms with van der Waals surface area (Å²) in [5.74, 6) is 0.763. The lowest BCUT2D eigenvalue weighted by atomic mass is 10.3. The number of hydrogen-bond donors (Lipinski definition) is 2. The van der Waals surface area contributed by atoms with Gasteiger partial charge in [0.05, 0.1) is 24.0 Å². The van der Waals surface area contributed by atoms with E-state index >= 15 is 0 Å². The lowest BCUT2D eigenvalue weighted by molar-refractivity contribution is 0.415. The number of benzene rings is 1. The van der Waals surface area contributed by atoms with E-state index in [1.54, 1.807) is 24.7 Å². The zero-order valence-electron chi connectivity index (χ0n) is 11.1. The van der Waals surface area contributed by atoms with E-state index in [1.807, 2.05) is 36.6 Å². The second-order valence-electron chi connectivity index (χ2n) is 3.85. The number of nitrogens with zero attached hydrogens (tertiary/aromatic N) is 2. The van der Waals surface area contributed by atoms with Crippen LogP contribution in [0.1, 0.15) is 10.7 Å². The Hall–Kier alpha value is -1.99. The van der Waals surface area contributed by atoms with Crippen LogP contribution in [0.3, 0.4) is 0 Å². The number of aromatic nitrogens is 1. The minimum Gasteiger partial charge on any atom is -0.497 e. The maximum atomic E-state index is 5.14. The third kappa shape index (κ3) is 4.29. The van der Waals surface area contributed by atoms with Crippen molar-refractivity contribution in [3.8, 4) is 5.75 Å². The number of anilines is 1. The fraction of sp³-hybridized carbons (Fsp3) is 0.154. The van der Waals surface area contributed by atoms with Gasteiger partial charge in [0, 0.05) is 17.1 Å². The van der Waals surface area contributed by atoms with Crippen molar-refractivity contribution >= 4 is 40.6 Å². The van der Waals surface area contributed by atoms with Crippen LogP contribution in [0, 0.1) is 6.92 Å². The van der Waals surface area contributed by atoms with E-state index in [4.69, 9.17) is 17.0 Å². The molecular formula is C13H14N4OS2. The number of hydrazone groups is 1. The topological polar surface area (TPSA) is 58.5 Å². The Labute approximate surface area is 126 Å². The largest absolute Gasteiger partial charge is 0.497 e. The number of methoxy groups -OCH3 is 1. The number of nitrogens with one attached hydrogen (secondary N) is 2. The summed E-state index contributed by atoms with van der Waals surface area (Å²) in [6.45, 7) is 1.95. The summed E-state index contributed by atoms with van der Waals surface area (Å²) in [6, 6.07) is 7.49. The molecule has 0 saturated carbocycles. The third-order valence-corrected chi connectivity index (χ3v) is 3.31. The van der Waals surface area contributed by atoms with Gasteiger partial charge in [-0.15, -0.1) is 11.3 Å². The van der Waals surface area contributed by atoms with Crippen LogP contribution in [0.25, 0.3) is 0 Å². The van der Waals surface area contributed by atoms with Crippen LogP contribution < -0.4 is 15.5 Å². The highest BCUT2D eigenvalue weighted by Gasteiger charge is 1.98. The summed E-state index contributed by atoms with van der Waals surface area (Å²) in [6.07, 6.45) is 1.63. The van der Waals surface area contributed by atoms with E-state index in [0.29, 0.717) is 5.11 Å². The van der Waals surface area contributed by atoms with Gasteiger partial charge in [-0.25, -0.2) is 4.98 Å². The van der Waals surface area contributed by atoms with Gasteiger partial charge in [0.15, 0.2) is 5.11 Å². The third-order valence-electron chi connectivity index (χ3n) is 2.33. The summed E-state index contributed by atoms with van der Waals surface area (Å²) in [4.78, 5) is 4.26. The molecule has 0 spiro atoms. The molecule has 0 unspecified atom stereocenters. The Balaban J connectivity index is 1.87. The molecular weight excluding hydrogens is 292 g/mol. The maximum absolute atomic E-state index is 5.14. The van der Waals surface area contributed by atoms with E-state index in [2.05, 4.69) is 20.8 Å². The first-order chi connectivity index (χ1) is 9.67. The van der Waals surface area contributed by atoms with Crippen LogP contribution >= 0.6 is 23.6 Å². The van der Waals surface area contributed by atoms with Crippen LogP contribution in [-0.4, -0.2) is 23.4 Å². The first-order valence-electron chi connectivity index (χ1n) is 5.83. The molecule has 2 aromatic rings. The van der Waals surface area contributed by atoms with Gasteiger partial charge < -0.3 is 10.1 Å². The lowest BCUT2D eigenvalue weighted by Crippen LogP contribution is -2.23. The highest BCUT2D eigenvalue weighted by molar-refractivity contribution is 7.80. The molecule has 1 heterocycles. The molecule has 104 valence electrons. The molecule has 0 aliphatic rings. The van der Waals surface area contributed by atoms with E-state index in [1.165, 1.54) is 0 Å². The molecule has 0 radical (unpaired) electrons. The van der Waals surface area contributed by atoms with Crippen molar-refractivity contribution in [2.75, 3.05) is 12.4 Å². The van der Waals surface area contributed by atoms with Crippen molar-refractivity contribution < 1.29 is 4.74 Å². The van der Waals surface area contributed by atoms with Gasteiger partial charge in [0.2, 0.25) is 0 Å². The molecule has 0 amide bonds. The Morgan fingerprint density at radius 3 is 3.05 bits per heavy atom. The van der Waals surface area contributed by atoms with E-state index in [0.717, 1.165) is 22.1 Å². The average molecular weight is 306 g/mol. The molecule has 0 atom stereocenters. The van der Waals surface area contributed by atoms with Crippen molar-refractivity contribution in [1.82, 2.24) is 10.4 Å². The molecule has 2 rings (SSSR count). The zero-order chi connectivity index (χ0) is 14.4. The zero-order valence-corrected chi connectivity index (χ0v) is 12.7. The highest BCUT2D eigenvalue weighted by atomic mass is 32.1. The summed E-state index contributed by atoms with van der Waals surface area (Å²) < 4.78 is 5.14. The molecule has 5 nitrogen and oxygen atoms in total. The first-order valence-corrected chi connectivity index (χ1v) is 7.12. The molecule has 0 bridgehead atoms. The minimum absolute atomic E-state index is 0.404. The van der Waals surface area contributed by atoms with E-state index < -0.39 is 0 Å². The predicted molar refractivity (Wildman–Crippen MR) is 86.8 cm³/mol. The molecule has 7 heteroatoms.